The first-order valence-electron chi connectivity index (χ1n) is 13.5. The van der Waals surface area contributed by atoms with E-state index in [0.717, 1.165) is 24.8 Å². The minimum absolute atomic E-state index is 0.00376. The summed E-state index contributed by atoms with van der Waals surface area (Å²) in [6, 6.07) is 0. The molecular weight excluding hydrogens is 497 g/mol. The van der Waals surface area contributed by atoms with Crippen LogP contribution < -0.4 is 5.73 Å². The van der Waals surface area contributed by atoms with Crippen molar-refractivity contribution in [2.24, 2.45) is 34.3 Å². The summed E-state index contributed by atoms with van der Waals surface area (Å²) in [5.74, 6) is -0.103. The fourth-order valence-electron chi connectivity index (χ4n) is 8.39. The topological polar surface area (TPSA) is 138 Å². The van der Waals surface area contributed by atoms with Crippen molar-refractivity contribution in [1.82, 2.24) is 0 Å². The van der Waals surface area contributed by atoms with Gasteiger partial charge >= 0.3 is 8.60 Å². The number of rotatable bonds is 9. The molecule has 1 aliphatic heterocycles. The Bertz CT molecular complexity index is 987. The van der Waals surface area contributed by atoms with Crippen molar-refractivity contribution in [2.45, 2.75) is 83.4 Å². The number of hydrogen-bond donors (Lipinski definition) is 3. The van der Waals surface area contributed by atoms with E-state index in [-0.39, 0.29) is 49.1 Å². The zero-order chi connectivity index (χ0) is 26.6. The van der Waals surface area contributed by atoms with Gasteiger partial charge in [-0.1, -0.05) is 38.8 Å². The van der Waals surface area contributed by atoms with Crippen molar-refractivity contribution >= 4 is 20.2 Å². The zero-order valence-corrected chi connectivity index (χ0v) is 22.8. The average molecular weight is 538 g/mol. The zero-order valence-electron chi connectivity index (χ0n) is 21.9. The molecule has 37 heavy (non-hydrogen) atoms. The van der Waals surface area contributed by atoms with E-state index >= 15 is 0 Å². The van der Waals surface area contributed by atoms with E-state index in [1.807, 2.05) is 13.0 Å². The van der Waals surface area contributed by atoms with Gasteiger partial charge in [0.05, 0.1) is 18.8 Å². The van der Waals surface area contributed by atoms with Gasteiger partial charge in [-0.15, -0.1) is 0 Å². The van der Waals surface area contributed by atoms with Crippen LogP contribution in [0.1, 0.15) is 59.3 Å². The van der Waals surface area contributed by atoms with E-state index in [0.29, 0.717) is 19.3 Å². The standard InChI is InChI=1S/C27H40NO8P/c1-4-5-23-35-22-13-19-18-7-6-16-12-17(29)8-9-25(16,2)24(18)20(30)14-26(19,3)27(22,36-23)21(31)15-34-37(32)33-11-10-28/h8-9,12,18-20,22-24,30,32H,4-7,10-11,13-15,28H2,1-3H3. The summed E-state index contributed by atoms with van der Waals surface area (Å²) < 4.78 is 23.5. The SMILES string of the molecule is CCCC1OC2CC3C4CCC5=CC(=O)C=CC5(C)C4C(O)CC3(C)C2(C(=O)COP(O)OCCN)O1. The fourth-order valence-corrected chi connectivity index (χ4v) is 8.96. The van der Waals surface area contributed by atoms with Crippen LogP contribution in [0.5, 0.6) is 0 Å². The van der Waals surface area contributed by atoms with Gasteiger partial charge in [0.25, 0.3) is 0 Å². The second-order valence-corrected chi connectivity index (χ2v) is 12.7. The van der Waals surface area contributed by atoms with Gasteiger partial charge < -0.3 is 34.3 Å². The Balaban J connectivity index is 1.46. The molecule has 1 saturated heterocycles. The number of ketones is 2. The Morgan fingerprint density at radius 1 is 1.32 bits per heavy atom. The molecule has 0 radical (unpaired) electrons. The van der Waals surface area contributed by atoms with Crippen LogP contribution in [0.2, 0.25) is 0 Å². The van der Waals surface area contributed by atoms with Gasteiger partial charge in [0.2, 0.25) is 0 Å². The lowest BCUT2D eigenvalue weighted by atomic mass is 9.46. The molecule has 0 aromatic carbocycles. The molecule has 0 aromatic heterocycles. The van der Waals surface area contributed by atoms with Gasteiger partial charge in [-0.25, -0.2) is 0 Å². The summed E-state index contributed by atoms with van der Waals surface area (Å²) in [4.78, 5) is 36.1. The molecule has 10 atom stereocenters. The molecule has 5 rings (SSSR count). The van der Waals surface area contributed by atoms with E-state index in [4.69, 9.17) is 24.3 Å². The molecule has 0 bridgehead atoms. The largest absolute Gasteiger partial charge is 0.393 e. The molecule has 4 N–H and O–H groups in total. The highest BCUT2D eigenvalue weighted by Gasteiger charge is 2.75. The van der Waals surface area contributed by atoms with E-state index < -0.39 is 43.5 Å². The third kappa shape index (κ3) is 4.21. The predicted molar refractivity (Wildman–Crippen MR) is 136 cm³/mol. The van der Waals surface area contributed by atoms with Crippen molar-refractivity contribution in [2.75, 3.05) is 19.8 Å². The molecule has 9 nitrogen and oxygen atoms in total. The number of carbonyl (C=O) groups excluding carboxylic acids is 2. The van der Waals surface area contributed by atoms with Gasteiger partial charge in [-0.05, 0) is 56.1 Å². The van der Waals surface area contributed by atoms with Crippen LogP contribution in [0, 0.1) is 28.6 Å². The lowest BCUT2D eigenvalue weighted by Gasteiger charge is -2.59. The number of nitrogens with two attached hydrogens (primary N) is 1. The van der Waals surface area contributed by atoms with Crippen LogP contribution in [-0.4, -0.2) is 65.4 Å². The fraction of sp³-hybridized carbons (Fsp3) is 0.778. The van der Waals surface area contributed by atoms with Crippen LogP contribution in [0.25, 0.3) is 0 Å². The summed E-state index contributed by atoms with van der Waals surface area (Å²) in [5.41, 5.74) is 4.17. The molecule has 4 fully saturated rings. The molecule has 5 aliphatic rings. The summed E-state index contributed by atoms with van der Waals surface area (Å²) >= 11 is 0. The van der Waals surface area contributed by atoms with E-state index in [9.17, 15) is 19.6 Å². The molecular formula is C27H40NO8P. The first kappa shape index (κ1) is 27.5. The number of Topliss-reactive ketones (excluding diaryl/α,β-unsaturated/α-hetero) is 1. The number of aliphatic hydroxyl groups excluding tert-OH is 1. The van der Waals surface area contributed by atoms with E-state index in [1.54, 1.807) is 12.2 Å². The molecule has 0 aromatic rings. The maximum Gasteiger partial charge on any atom is 0.330 e. The highest BCUT2D eigenvalue weighted by atomic mass is 31.2. The molecule has 0 amide bonds. The Kier molecular flexibility index (Phi) is 7.57. The monoisotopic (exact) mass is 537 g/mol. The summed E-state index contributed by atoms with van der Waals surface area (Å²) in [6.07, 6.45) is 7.89. The Hall–Kier alpha value is -1.03. The van der Waals surface area contributed by atoms with Gasteiger partial charge in [0.15, 0.2) is 23.5 Å². The third-order valence-corrected chi connectivity index (χ3v) is 10.6. The molecule has 0 spiro atoms. The van der Waals surface area contributed by atoms with Crippen LogP contribution >= 0.6 is 8.60 Å². The number of hydrogen-bond acceptors (Lipinski definition) is 9. The Labute approximate surface area is 219 Å². The highest BCUT2D eigenvalue weighted by molar-refractivity contribution is 7.40. The molecule has 1 heterocycles. The highest BCUT2D eigenvalue weighted by Crippen LogP contribution is 2.69. The normalized spacial score (nSPS) is 45.0. The van der Waals surface area contributed by atoms with Gasteiger partial charge in [-0.2, -0.15) is 0 Å². The maximum absolute atomic E-state index is 14.0. The smallest absolute Gasteiger partial charge is 0.330 e. The van der Waals surface area contributed by atoms with Crippen LogP contribution in [0.4, 0.5) is 0 Å². The lowest BCUT2D eigenvalue weighted by Crippen LogP contribution is -2.63. The quantitative estimate of drug-likeness (QED) is 0.379. The number of allylic oxidation sites excluding steroid dienone is 4. The van der Waals surface area contributed by atoms with Crippen LogP contribution in [0.3, 0.4) is 0 Å². The van der Waals surface area contributed by atoms with E-state index in [2.05, 4.69) is 13.8 Å². The predicted octanol–water partition coefficient (Wildman–Crippen LogP) is 2.94. The van der Waals surface area contributed by atoms with Crippen molar-refractivity contribution in [3.8, 4) is 0 Å². The first-order chi connectivity index (χ1) is 17.6. The first-order valence-corrected chi connectivity index (χ1v) is 14.7. The van der Waals surface area contributed by atoms with Crippen molar-refractivity contribution in [3.63, 3.8) is 0 Å². The third-order valence-electron chi connectivity index (χ3n) is 9.85. The van der Waals surface area contributed by atoms with Gasteiger partial charge in [0, 0.05) is 23.3 Å². The number of fused-ring (bicyclic) bond motifs is 7. The second kappa shape index (κ2) is 10.2. The van der Waals surface area contributed by atoms with Crippen molar-refractivity contribution < 1.29 is 38.1 Å². The molecule has 3 saturated carbocycles. The van der Waals surface area contributed by atoms with Crippen molar-refractivity contribution in [1.29, 1.82) is 0 Å². The second-order valence-electron chi connectivity index (χ2n) is 11.7. The minimum Gasteiger partial charge on any atom is -0.393 e. The number of aliphatic hydroxyl groups is 1. The molecule has 10 heteroatoms. The van der Waals surface area contributed by atoms with E-state index in [1.165, 1.54) is 0 Å². The van der Waals surface area contributed by atoms with Gasteiger partial charge in [0.1, 0.15) is 6.61 Å². The van der Waals surface area contributed by atoms with Crippen LogP contribution in [0.15, 0.2) is 23.8 Å². The van der Waals surface area contributed by atoms with Gasteiger partial charge in [-0.3, -0.25) is 9.59 Å². The Morgan fingerprint density at radius 3 is 2.84 bits per heavy atom. The number of ether oxygens (including phenoxy) is 2. The summed E-state index contributed by atoms with van der Waals surface area (Å²) in [7, 11) is -2.24. The maximum atomic E-state index is 14.0. The number of carbonyl (C=O) groups is 2. The molecule has 206 valence electrons. The van der Waals surface area contributed by atoms with Crippen molar-refractivity contribution in [3.05, 3.63) is 23.8 Å². The molecule has 4 aliphatic carbocycles. The summed E-state index contributed by atoms with van der Waals surface area (Å²) in [6.45, 7) is 6.23. The Morgan fingerprint density at radius 2 is 2.11 bits per heavy atom. The summed E-state index contributed by atoms with van der Waals surface area (Å²) in [5, 5.41) is 11.7. The van der Waals surface area contributed by atoms with Crippen LogP contribution in [-0.2, 0) is 28.1 Å². The molecule has 10 unspecified atom stereocenters. The average Bonchev–Trinajstić information content (AvgIpc) is 3.33. The minimum atomic E-state index is -2.24. The lowest BCUT2D eigenvalue weighted by molar-refractivity contribution is -0.200.